The lowest BCUT2D eigenvalue weighted by molar-refractivity contribution is 0.0952. The summed E-state index contributed by atoms with van der Waals surface area (Å²) in [4.78, 5) is 14.6. The number of ether oxygens (including phenoxy) is 1. The van der Waals surface area contributed by atoms with E-state index in [1.54, 1.807) is 11.0 Å². The second-order valence-corrected chi connectivity index (χ2v) is 6.25. The van der Waals surface area contributed by atoms with Crippen molar-refractivity contribution in [3.8, 4) is 17.1 Å². The summed E-state index contributed by atoms with van der Waals surface area (Å²) >= 11 is 0. The lowest BCUT2D eigenvalue weighted by Crippen LogP contribution is -2.42. The average Bonchev–Trinajstić information content (AvgIpc) is 3.11. The molecule has 0 aliphatic carbocycles. The number of carbonyl (C=O) groups is 1. The molecular formula is C20H18N2O3. The van der Waals surface area contributed by atoms with Gasteiger partial charge in [-0.25, -0.2) is 0 Å². The number of aromatic nitrogens is 1. The molecule has 1 aliphatic heterocycles. The van der Waals surface area contributed by atoms with Gasteiger partial charge in [0.15, 0.2) is 11.5 Å². The van der Waals surface area contributed by atoms with Crippen molar-refractivity contribution in [2.24, 2.45) is 0 Å². The molecule has 1 amide bonds. The molecule has 5 heteroatoms. The predicted molar refractivity (Wildman–Crippen MR) is 94.9 cm³/mol. The number of carbonyl (C=O) groups excluding carboxylic acids is 1. The molecule has 0 saturated carbocycles. The van der Waals surface area contributed by atoms with E-state index in [0.29, 0.717) is 23.7 Å². The molecule has 0 bridgehead atoms. The smallest absolute Gasteiger partial charge is 0.280 e. The third-order valence-electron chi connectivity index (χ3n) is 4.23. The molecule has 0 radical (unpaired) electrons. The Bertz CT molecular complexity index is 915. The molecule has 4 rings (SSSR count). The minimum absolute atomic E-state index is 0.0812. The summed E-state index contributed by atoms with van der Waals surface area (Å²) < 4.78 is 11.2. The average molecular weight is 334 g/mol. The van der Waals surface area contributed by atoms with Crippen molar-refractivity contribution in [3.63, 3.8) is 0 Å². The minimum Gasteiger partial charge on any atom is -0.487 e. The van der Waals surface area contributed by atoms with Crippen LogP contribution in [0.5, 0.6) is 5.75 Å². The van der Waals surface area contributed by atoms with Crippen molar-refractivity contribution < 1.29 is 14.1 Å². The van der Waals surface area contributed by atoms with E-state index in [9.17, 15) is 4.79 Å². The van der Waals surface area contributed by atoms with Crippen LogP contribution in [0.25, 0.3) is 11.3 Å². The summed E-state index contributed by atoms with van der Waals surface area (Å²) in [5, 5.41) is 3.98. The molecule has 2 heterocycles. The number of nitrogens with zero attached hydrogens (tertiary/aromatic N) is 2. The molecule has 1 aliphatic rings. The highest BCUT2D eigenvalue weighted by Gasteiger charge is 2.29. The lowest BCUT2D eigenvalue weighted by atomic mass is 10.1. The molecule has 3 aromatic rings. The molecule has 1 atom stereocenters. The molecule has 5 nitrogen and oxygen atoms in total. The van der Waals surface area contributed by atoms with Crippen LogP contribution in [-0.2, 0) is 0 Å². The maximum absolute atomic E-state index is 13.0. The Kier molecular flexibility index (Phi) is 3.76. The highest BCUT2D eigenvalue weighted by atomic mass is 16.5. The van der Waals surface area contributed by atoms with Crippen LogP contribution in [0.3, 0.4) is 0 Å². The lowest BCUT2D eigenvalue weighted by Gasteiger charge is -2.32. The number of hydrogen-bond donors (Lipinski definition) is 0. The van der Waals surface area contributed by atoms with Gasteiger partial charge in [0.2, 0.25) is 0 Å². The maximum atomic E-state index is 13.0. The molecular weight excluding hydrogens is 316 g/mol. The molecule has 1 aromatic heterocycles. The van der Waals surface area contributed by atoms with Crippen molar-refractivity contribution in [2.75, 3.05) is 11.4 Å². The van der Waals surface area contributed by atoms with Gasteiger partial charge in [-0.1, -0.05) is 47.1 Å². The van der Waals surface area contributed by atoms with Crippen molar-refractivity contribution in [1.82, 2.24) is 5.16 Å². The van der Waals surface area contributed by atoms with Gasteiger partial charge in [-0.2, -0.15) is 0 Å². The Morgan fingerprint density at radius 1 is 1.16 bits per heavy atom. The van der Waals surface area contributed by atoms with Gasteiger partial charge >= 0.3 is 0 Å². The number of anilines is 1. The number of fused-ring (bicyclic) bond motifs is 1. The molecule has 0 fully saturated rings. The fraction of sp³-hybridized carbons (Fsp3) is 0.200. The Morgan fingerprint density at radius 2 is 1.92 bits per heavy atom. The first-order chi connectivity index (χ1) is 12.1. The highest BCUT2D eigenvalue weighted by molar-refractivity contribution is 6.06. The largest absolute Gasteiger partial charge is 0.487 e. The van der Waals surface area contributed by atoms with Crippen LogP contribution in [0.15, 0.2) is 59.1 Å². The number of benzene rings is 2. The molecule has 0 spiro atoms. The first kappa shape index (κ1) is 15.4. The van der Waals surface area contributed by atoms with Gasteiger partial charge < -0.3 is 9.26 Å². The Hall–Kier alpha value is -3.08. The van der Waals surface area contributed by atoms with E-state index in [1.165, 1.54) is 5.56 Å². The molecule has 2 aromatic carbocycles. The molecule has 1 unspecified atom stereocenters. The Balaban J connectivity index is 1.65. The standard InChI is InChI=1S/C20H18N2O3/c1-13-7-9-15(10-8-13)19-11-16(21-25-19)20(23)22-12-14(2)24-18-6-4-3-5-17(18)22/h3-11,14H,12H2,1-2H3. The minimum atomic E-state index is -0.190. The quantitative estimate of drug-likeness (QED) is 0.709. The number of hydrogen-bond acceptors (Lipinski definition) is 4. The fourth-order valence-electron chi connectivity index (χ4n) is 2.95. The second kappa shape index (κ2) is 6.09. The summed E-state index contributed by atoms with van der Waals surface area (Å²) in [6.07, 6.45) is -0.0812. The van der Waals surface area contributed by atoms with E-state index in [4.69, 9.17) is 9.26 Å². The number of amides is 1. The third-order valence-corrected chi connectivity index (χ3v) is 4.23. The first-order valence-electron chi connectivity index (χ1n) is 8.23. The van der Waals surface area contributed by atoms with Crippen molar-refractivity contribution in [2.45, 2.75) is 20.0 Å². The zero-order chi connectivity index (χ0) is 17.4. The number of aryl methyl sites for hydroxylation is 1. The summed E-state index contributed by atoms with van der Waals surface area (Å²) in [5.74, 6) is 1.10. The van der Waals surface area contributed by atoms with Gasteiger partial charge in [0.25, 0.3) is 5.91 Å². The number of para-hydroxylation sites is 2. The Labute approximate surface area is 145 Å². The van der Waals surface area contributed by atoms with Crippen molar-refractivity contribution in [1.29, 1.82) is 0 Å². The summed E-state index contributed by atoms with van der Waals surface area (Å²) in [6, 6.07) is 17.1. The van der Waals surface area contributed by atoms with Crippen LogP contribution in [-0.4, -0.2) is 23.7 Å². The van der Waals surface area contributed by atoms with Gasteiger partial charge in [0.1, 0.15) is 11.9 Å². The summed E-state index contributed by atoms with van der Waals surface area (Å²) in [5.41, 5.74) is 3.11. The zero-order valence-corrected chi connectivity index (χ0v) is 14.1. The van der Waals surface area contributed by atoms with Crippen LogP contribution in [0.2, 0.25) is 0 Å². The van der Waals surface area contributed by atoms with Crippen LogP contribution >= 0.6 is 0 Å². The first-order valence-corrected chi connectivity index (χ1v) is 8.23. The van der Waals surface area contributed by atoms with Gasteiger partial charge in [-0.05, 0) is 26.0 Å². The van der Waals surface area contributed by atoms with Gasteiger partial charge in [-0.15, -0.1) is 0 Å². The molecule has 126 valence electrons. The Morgan fingerprint density at radius 3 is 2.72 bits per heavy atom. The predicted octanol–water partition coefficient (Wildman–Crippen LogP) is 4.08. The second-order valence-electron chi connectivity index (χ2n) is 6.25. The molecule has 0 saturated heterocycles. The van der Waals surface area contributed by atoms with E-state index >= 15 is 0 Å². The maximum Gasteiger partial charge on any atom is 0.280 e. The zero-order valence-electron chi connectivity index (χ0n) is 14.1. The summed E-state index contributed by atoms with van der Waals surface area (Å²) in [7, 11) is 0. The van der Waals surface area contributed by atoms with Crippen molar-refractivity contribution >= 4 is 11.6 Å². The van der Waals surface area contributed by atoms with Crippen LogP contribution < -0.4 is 9.64 Å². The SMILES string of the molecule is Cc1ccc(-c2cc(C(=O)N3CC(C)Oc4ccccc43)no2)cc1. The normalized spacial score (nSPS) is 16.2. The monoisotopic (exact) mass is 334 g/mol. The van der Waals surface area contributed by atoms with Crippen LogP contribution in [0.4, 0.5) is 5.69 Å². The molecule has 25 heavy (non-hydrogen) atoms. The van der Waals surface area contributed by atoms with Crippen LogP contribution in [0.1, 0.15) is 23.0 Å². The number of rotatable bonds is 2. The summed E-state index contributed by atoms with van der Waals surface area (Å²) in [6.45, 7) is 4.44. The fourth-order valence-corrected chi connectivity index (χ4v) is 2.95. The van der Waals surface area contributed by atoms with Gasteiger partial charge in [0.05, 0.1) is 12.2 Å². The third kappa shape index (κ3) is 2.89. The van der Waals surface area contributed by atoms with E-state index in [2.05, 4.69) is 5.16 Å². The topological polar surface area (TPSA) is 55.6 Å². The van der Waals surface area contributed by atoms with Gasteiger partial charge in [-0.3, -0.25) is 9.69 Å². The van der Waals surface area contributed by atoms with Gasteiger partial charge in [0, 0.05) is 11.6 Å². The van der Waals surface area contributed by atoms with E-state index in [1.807, 2.05) is 62.4 Å². The van der Waals surface area contributed by atoms with Crippen molar-refractivity contribution in [3.05, 3.63) is 65.9 Å². The highest BCUT2D eigenvalue weighted by Crippen LogP contribution is 2.34. The van der Waals surface area contributed by atoms with E-state index in [-0.39, 0.29) is 12.0 Å². The van der Waals surface area contributed by atoms with Crippen LogP contribution in [0, 0.1) is 6.92 Å². The van der Waals surface area contributed by atoms with E-state index < -0.39 is 0 Å². The van der Waals surface area contributed by atoms with E-state index in [0.717, 1.165) is 11.3 Å². The molecule has 0 N–H and O–H groups in total.